The standard InChI is InChI=1S/C30H36N4O3S3.ClH/c1-5-32(6-2)19-20-34(30-31-27-18-15-25(38-4)21-28(27)39-30)29(35)24-13-16-26(17-14-24)40(36,37)33(7-3)22-23-11-9-8-10-12-23;/h8-18,21H,5-7,19-20,22H2,1-4H3;1H. The first-order chi connectivity index (χ1) is 19.3. The van der Waals surface area contributed by atoms with Crippen molar-refractivity contribution in [2.75, 3.05) is 43.9 Å². The van der Waals surface area contributed by atoms with Crippen LogP contribution in [0.3, 0.4) is 0 Å². The van der Waals surface area contributed by atoms with Gasteiger partial charge in [0.15, 0.2) is 5.13 Å². The third kappa shape index (κ3) is 7.88. The van der Waals surface area contributed by atoms with E-state index in [0.717, 1.165) is 33.8 Å². The van der Waals surface area contributed by atoms with E-state index in [1.807, 2.05) is 55.6 Å². The lowest BCUT2D eigenvalue weighted by atomic mass is 10.2. The maximum Gasteiger partial charge on any atom is 0.260 e. The molecule has 0 radical (unpaired) electrons. The highest BCUT2D eigenvalue weighted by Crippen LogP contribution is 2.32. The second kappa shape index (κ2) is 15.1. The Hall–Kier alpha value is -2.47. The van der Waals surface area contributed by atoms with Gasteiger partial charge in [0.05, 0.1) is 15.1 Å². The molecule has 7 nitrogen and oxygen atoms in total. The number of carbonyl (C=O) groups is 1. The number of sulfonamides is 1. The van der Waals surface area contributed by atoms with Crippen molar-refractivity contribution in [3.63, 3.8) is 0 Å². The van der Waals surface area contributed by atoms with Gasteiger partial charge in [0, 0.05) is 36.6 Å². The van der Waals surface area contributed by atoms with Gasteiger partial charge in [-0.2, -0.15) is 4.31 Å². The number of aromatic nitrogens is 1. The predicted molar refractivity (Wildman–Crippen MR) is 174 cm³/mol. The highest BCUT2D eigenvalue weighted by Gasteiger charge is 2.26. The van der Waals surface area contributed by atoms with E-state index in [0.29, 0.717) is 30.3 Å². The second-order valence-corrected chi connectivity index (χ2v) is 13.1. The molecule has 1 aromatic heterocycles. The average Bonchev–Trinajstić information content (AvgIpc) is 3.41. The largest absolute Gasteiger partial charge is 0.302 e. The molecule has 4 aromatic rings. The molecule has 220 valence electrons. The van der Waals surface area contributed by atoms with Crippen molar-refractivity contribution in [3.8, 4) is 0 Å². The van der Waals surface area contributed by atoms with E-state index >= 15 is 0 Å². The summed E-state index contributed by atoms with van der Waals surface area (Å²) >= 11 is 3.17. The summed E-state index contributed by atoms with van der Waals surface area (Å²) in [4.78, 5) is 23.9. The molecule has 0 N–H and O–H groups in total. The van der Waals surface area contributed by atoms with Crippen LogP contribution in [0.5, 0.6) is 0 Å². The molecule has 1 amide bonds. The van der Waals surface area contributed by atoms with Gasteiger partial charge in [-0.1, -0.05) is 62.4 Å². The number of hydrogen-bond donors (Lipinski definition) is 0. The van der Waals surface area contributed by atoms with Crippen LogP contribution in [0.15, 0.2) is 82.6 Å². The van der Waals surface area contributed by atoms with Crippen molar-refractivity contribution >= 4 is 66.8 Å². The van der Waals surface area contributed by atoms with Crippen molar-refractivity contribution in [2.24, 2.45) is 0 Å². The lowest BCUT2D eigenvalue weighted by Gasteiger charge is -2.25. The maximum absolute atomic E-state index is 13.8. The molecule has 0 atom stereocenters. The zero-order chi connectivity index (χ0) is 28.7. The molecule has 3 aromatic carbocycles. The minimum atomic E-state index is -3.73. The van der Waals surface area contributed by atoms with E-state index < -0.39 is 10.0 Å². The Bertz CT molecular complexity index is 1530. The van der Waals surface area contributed by atoms with Gasteiger partial charge in [-0.15, -0.1) is 24.2 Å². The van der Waals surface area contributed by atoms with Gasteiger partial charge in [-0.05, 0) is 67.4 Å². The van der Waals surface area contributed by atoms with Crippen molar-refractivity contribution in [1.29, 1.82) is 0 Å². The number of thioether (sulfide) groups is 1. The van der Waals surface area contributed by atoms with Crippen LogP contribution in [0.4, 0.5) is 5.13 Å². The number of carbonyl (C=O) groups excluding carboxylic acids is 1. The van der Waals surface area contributed by atoms with Crippen LogP contribution >= 0.6 is 35.5 Å². The molecule has 0 aliphatic heterocycles. The van der Waals surface area contributed by atoms with Gasteiger partial charge in [0.25, 0.3) is 5.91 Å². The van der Waals surface area contributed by atoms with E-state index in [2.05, 4.69) is 24.8 Å². The summed E-state index contributed by atoms with van der Waals surface area (Å²) in [7, 11) is -3.73. The predicted octanol–water partition coefficient (Wildman–Crippen LogP) is 6.64. The summed E-state index contributed by atoms with van der Waals surface area (Å²) < 4.78 is 29.3. The zero-order valence-corrected chi connectivity index (χ0v) is 27.1. The summed E-state index contributed by atoms with van der Waals surface area (Å²) in [6, 6.07) is 21.9. The van der Waals surface area contributed by atoms with Crippen LogP contribution in [-0.4, -0.2) is 67.5 Å². The lowest BCUT2D eigenvalue weighted by Crippen LogP contribution is -2.39. The number of benzene rings is 3. The lowest BCUT2D eigenvalue weighted by molar-refractivity contribution is 0.0983. The maximum atomic E-state index is 13.8. The molecule has 0 unspecified atom stereocenters. The molecule has 0 bridgehead atoms. The number of likely N-dealkylation sites (N-methyl/N-ethyl adjacent to an activating group) is 1. The van der Waals surface area contributed by atoms with Gasteiger partial charge >= 0.3 is 0 Å². The zero-order valence-electron chi connectivity index (χ0n) is 23.8. The van der Waals surface area contributed by atoms with E-state index in [4.69, 9.17) is 4.98 Å². The van der Waals surface area contributed by atoms with Crippen molar-refractivity contribution in [2.45, 2.75) is 37.1 Å². The molecule has 1 heterocycles. The minimum absolute atomic E-state index is 0. The van der Waals surface area contributed by atoms with Crippen LogP contribution in [0.2, 0.25) is 0 Å². The molecule has 0 spiro atoms. The van der Waals surface area contributed by atoms with Gasteiger partial charge < -0.3 is 4.90 Å². The number of fused-ring (bicyclic) bond motifs is 1. The fourth-order valence-corrected chi connectivity index (χ4v) is 7.41. The molecule has 0 fully saturated rings. The fourth-order valence-electron chi connectivity index (χ4n) is 4.43. The van der Waals surface area contributed by atoms with Crippen LogP contribution in [0.25, 0.3) is 10.2 Å². The molecule has 4 rings (SSSR count). The summed E-state index contributed by atoms with van der Waals surface area (Å²) in [6.07, 6.45) is 2.04. The summed E-state index contributed by atoms with van der Waals surface area (Å²) in [5.41, 5.74) is 2.20. The Kier molecular flexibility index (Phi) is 12.2. The normalized spacial score (nSPS) is 11.7. The van der Waals surface area contributed by atoms with Crippen LogP contribution < -0.4 is 4.90 Å². The Morgan fingerprint density at radius 2 is 1.59 bits per heavy atom. The van der Waals surface area contributed by atoms with Crippen LogP contribution in [-0.2, 0) is 16.6 Å². The first-order valence-corrected chi connectivity index (χ1v) is 16.9. The first-order valence-electron chi connectivity index (χ1n) is 13.4. The third-order valence-corrected chi connectivity index (χ3v) is 10.6. The van der Waals surface area contributed by atoms with Crippen molar-refractivity contribution < 1.29 is 13.2 Å². The van der Waals surface area contributed by atoms with Crippen LogP contribution in [0.1, 0.15) is 36.7 Å². The number of hydrogen-bond acceptors (Lipinski definition) is 7. The SMILES string of the molecule is CCN(CC)CCN(C(=O)c1ccc(S(=O)(=O)N(CC)Cc2ccccc2)cc1)c1nc2ccc(SC)cc2s1.Cl. The van der Waals surface area contributed by atoms with Gasteiger partial charge in [-0.25, -0.2) is 13.4 Å². The Morgan fingerprint density at radius 3 is 2.20 bits per heavy atom. The summed E-state index contributed by atoms with van der Waals surface area (Å²) in [5.74, 6) is -0.197. The molecular weight excluding hydrogens is 596 g/mol. The molecule has 11 heteroatoms. The van der Waals surface area contributed by atoms with E-state index in [9.17, 15) is 13.2 Å². The first kappa shape index (κ1) is 33.0. The molecule has 0 saturated heterocycles. The van der Waals surface area contributed by atoms with Gasteiger partial charge in [0.1, 0.15) is 0 Å². The number of anilines is 1. The van der Waals surface area contributed by atoms with Crippen LogP contribution in [0, 0.1) is 0 Å². The second-order valence-electron chi connectivity index (χ2n) is 9.25. The highest BCUT2D eigenvalue weighted by atomic mass is 35.5. The number of amides is 1. The minimum Gasteiger partial charge on any atom is -0.302 e. The molecule has 41 heavy (non-hydrogen) atoms. The van der Waals surface area contributed by atoms with Gasteiger partial charge in [0.2, 0.25) is 10.0 Å². The van der Waals surface area contributed by atoms with Crippen molar-refractivity contribution in [1.82, 2.24) is 14.2 Å². The third-order valence-electron chi connectivity index (χ3n) is 6.89. The topological polar surface area (TPSA) is 73.8 Å². The molecule has 0 aliphatic carbocycles. The van der Waals surface area contributed by atoms with E-state index in [1.54, 1.807) is 28.8 Å². The quantitative estimate of drug-likeness (QED) is 0.154. The van der Waals surface area contributed by atoms with Crippen molar-refractivity contribution in [3.05, 3.63) is 83.9 Å². The number of thiazole rings is 1. The smallest absolute Gasteiger partial charge is 0.260 e. The van der Waals surface area contributed by atoms with Gasteiger partial charge in [-0.3, -0.25) is 9.69 Å². The van der Waals surface area contributed by atoms with E-state index in [1.165, 1.54) is 27.8 Å². The summed E-state index contributed by atoms with van der Waals surface area (Å²) in [5, 5.41) is 0.641. The number of nitrogens with zero attached hydrogens (tertiary/aromatic N) is 4. The Balaban J connectivity index is 0.00000462. The number of rotatable bonds is 13. The average molecular weight is 633 g/mol. The Labute approximate surface area is 258 Å². The molecule has 0 saturated carbocycles. The fraction of sp³-hybridized carbons (Fsp3) is 0.333. The molecular formula is C30H37ClN4O3S3. The van der Waals surface area contributed by atoms with E-state index in [-0.39, 0.29) is 29.8 Å². The number of halogens is 1. The summed E-state index contributed by atoms with van der Waals surface area (Å²) in [6.45, 7) is 9.63. The highest BCUT2D eigenvalue weighted by molar-refractivity contribution is 7.98. The Morgan fingerprint density at radius 1 is 0.902 bits per heavy atom. The monoisotopic (exact) mass is 632 g/mol. The molecule has 0 aliphatic rings.